The Kier molecular flexibility index (Phi) is 5.96. The molecule has 8 nitrogen and oxygen atoms in total. The maximum absolute atomic E-state index is 12.8. The van der Waals surface area contributed by atoms with Crippen LogP contribution in [0.15, 0.2) is 53.4 Å². The van der Waals surface area contributed by atoms with Crippen molar-refractivity contribution in [1.29, 1.82) is 0 Å². The van der Waals surface area contributed by atoms with Gasteiger partial charge >= 0.3 is 0 Å². The summed E-state index contributed by atoms with van der Waals surface area (Å²) >= 11 is 0. The average Bonchev–Trinajstić information content (AvgIpc) is 2.73. The van der Waals surface area contributed by atoms with E-state index in [9.17, 15) is 23.3 Å². The van der Waals surface area contributed by atoms with Gasteiger partial charge in [0.05, 0.1) is 9.82 Å². The Bertz CT molecular complexity index is 1050. The molecule has 2 aromatic carbocycles. The standard InChI is InChI=1S/C21H25N3O5S/c1-21(2,3)17-9-7-16(8-10-17)20(25)22-11-13-23(14-12-22)30(28,29)19-6-4-5-18(15-19)24(26)27/h4-10,15H,11-14H2,1-3H3. The van der Waals surface area contributed by atoms with Crippen LogP contribution in [0.1, 0.15) is 36.7 Å². The number of hydrogen-bond donors (Lipinski definition) is 0. The lowest BCUT2D eigenvalue weighted by Gasteiger charge is -2.34. The van der Waals surface area contributed by atoms with Gasteiger partial charge in [0.25, 0.3) is 11.6 Å². The highest BCUT2D eigenvalue weighted by molar-refractivity contribution is 7.89. The third-order valence-electron chi connectivity index (χ3n) is 5.19. The first kappa shape index (κ1) is 21.9. The number of sulfonamides is 1. The van der Waals surface area contributed by atoms with Crippen molar-refractivity contribution in [3.05, 3.63) is 69.8 Å². The van der Waals surface area contributed by atoms with Crippen LogP contribution in [0.25, 0.3) is 0 Å². The van der Waals surface area contributed by atoms with E-state index in [0.717, 1.165) is 11.6 Å². The number of nitro benzene ring substituents is 1. The molecule has 2 aromatic rings. The molecule has 1 aliphatic rings. The highest BCUT2D eigenvalue weighted by Crippen LogP contribution is 2.24. The zero-order valence-corrected chi connectivity index (χ0v) is 18.1. The van der Waals surface area contributed by atoms with Gasteiger partial charge in [0.2, 0.25) is 10.0 Å². The fraction of sp³-hybridized carbons (Fsp3) is 0.381. The van der Waals surface area contributed by atoms with Gasteiger partial charge < -0.3 is 4.90 Å². The molecular weight excluding hydrogens is 406 g/mol. The largest absolute Gasteiger partial charge is 0.336 e. The fourth-order valence-electron chi connectivity index (χ4n) is 3.33. The van der Waals surface area contributed by atoms with E-state index in [1.54, 1.807) is 17.0 Å². The Morgan fingerprint density at radius 1 is 1.00 bits per heavy atom. The number of non-ortho nitro benzene ring substituents is 1. The molecule has 1 saturated heterocycles. The predicted molar refractivity (Wildman–Crippen MR) is 113 cm³/mol. The Labute approximate surface area is 176 Å². The predicted octanol–water partition coefficient (Wildman–Crippen LogP) is 3.04. The third-order valence-corrected chi connectivity index (χ3v) is 7.08. The summed E-state index contributed by atoms with van der Waals surface area (Å²) in [4.78, 5) is 24.6. The smallest absolute Gasteiger partial charge is 0.270 e. The monoisotopic (exact) mass is 431 g/mol. The van der Waals surface area contributed by atoms with E-state index < -0.39 is 14.9 Å². The van der Waals surface area contributed by atoms with Crippen LogP contribution in [0.4, 0.5) is 5.69 Å². The lowest BCUT2D eigenvalue weighted by Crippen LogP contribution is -2.50. The molecule has 3 rings (SSSR count). The first-order valence-electron chi connectivity index (χ1n) is 9.64. The summed E-state index contributed by atoms with van der Waals surface area (Å²) in [5, 5.41) is 10.9. The molecule has 1 aliphatic heterocycles. The second-order valence-electron chi connectivity index (χ2n) is 8.28. The van der Waals surface area contributed by atoms with Crippen LogP contribution < -0.4 is 0 Å². The van der Waals surface area contributed by atoms with E-state index in [-0.39, 0.29) is 48.1 Å². The molecule has 9 heteroatoms. The van der Waals surface area contributed by atoms with E-state index >= 15 is 0 Å². The van der Waals surface area contributed by atoms with Crippen LogP contribution in [0.2, 0.25) is 0 Å². The summed E-state index contributed by atoms with van der Waals surface area (Å²) in [7, 11) is -3.86. The summed E-state index contributed by atoms with van der Waals surface area (Å²) < 4.78 is 26.9. The van der Waals surface area contributed by atoms with Crippen molar-refractivity contribution in [2.24, 2.45) is 0 Å². The van der Waals surface area contributed by atoms with Crippen LogP contribution >= 0.6 is 0 Å². The molecule has 0 unspecified atom stereocenters. The molecule has 0 atom stereocenters. The Morgan fingerprint density at radius 2 is 1.60 bits per heavy atom. The minimum absolute atomic E-state index is 0.00588. The molecule has 1 heterocycles. The molecule has 0 saturated carbocycles. The molecule has 0 radical (unpaired) electrons. The number of rotatable bonds is 4. The van der Waals surface area contributed by atoms with Gasteiger partial charge in [-0.25, -0.2) is 8.42 Å². The number of nitro groups is 1. The highest BCUT2D eigenvalue weighted by atomic mass is 32.2. The number of hydrogen-bond acceptors (Lipinski definition) is 5. The quantitative estimate of drug-likeness (QED) is 0.547. The van der Waals surface area contributed by atoms with Crippen molar-refractivity contribution >= 4 is 21.6 Å². The van der Waals surface area contributed by atoms with Crippen LogP contribution in [-0.2, 0) is 15.4 Å². The van der Waals surface area contributed by atoms with Gasteiger partial charge in [-0.3, -0.25) is 14.9 Å². The molecule has 0 bridgehead atoms. The van der Waals surface area contributed by atoms with Crippen LogP contribution in [0.3, 0.4) is 0 Å². The van der Waals surface area contributed by atoms with Crippen molar-refractivity contribution in [3.63, 3.8) is 0 Å². The van der Waals surface area contributed by atoms with Gasteiger partial charge in [0, 0.05) is 43.9 Å². The van der Waals surface area contributed by atoms with Gasteiger partial charge in [-0.1, -0.05) is 39.0 Å². The number of nitrogens with zero attached hydrogens (tertiary/aromatic N) is 3. The zero-order chi connectivity index (χ0) is 22.1. The molecular formula is C21H25N3O5S. The topological polar surface area (TPSA) is 101 Å². The summed E-state index contributed by atoms with van der Waals surface area (Å²) in [6.07, 6.45) is 0. The first-order valence-corrected chi connectivity index (χ1v) is 11.1. The van der Waals surface area contributed by atoms with Gasteiger partial charge in [-0.05, 0) is 29.2 Å². The van der Waals surface area contributed by atoms with Crippen LogP contribution in [0, 0.1) is 10.1 Å². The SMILES string of the molecule is CC(C)(C)c1ccc(C(=O)N2CCN(S(=O)(=O)c3cccc([N+](=O)[O-])c3)CC2)cc1. The number of carbonyl (C=O) groups is 1. The fourth-order valence-corrected chi connectivity index (χ4v) is 4.80. The summed E-state index contributed by atoms with van der Waals surface area (Å²) in [6.45, 7) is 7.09. The van der Waals surface area contributed by atoms with Gasteiger partial charge in [0.15, 0.2) is 0 Å². The zero-order valence-electron chi connectivity index (χ0n) is 17.2. The second-order valence-corrected chi connectivity index (χ2v) is 10.2. The van der Waals surface area contributed by atoms with E-state index in [1.165, 1.54) is 22.5 Å². The van der Waals surface area contributed by atoms with Crippen LogP contribution in [0.5, 0.6) is 0 Å². The summed E-state index contributed by atoms with van der Waals surface area (Å²) in [5.41, 5.74) is 1.42. The lowest BCUT2D eigenvalue weighted by atomic mass is 9.86. The number of carbonyl (C=O) groups excluding carboxylic acids is 1. The van der Waals surface area contributed by atoms with Gasteiger partial charge in [0.1, 0.15) is 0 Å². The number of benzene rings is 2. The molecule has 0 spiro atoms. The molecule has 1 amide bonds. The third kappa shape index (κ3) is 4.52. The molecule has 0 aromatic heterocycles. The van der Waals surface area contributed by atoms with Crippen molar-refractivity contribution in [3.8, 4) is 0 Å². The first-order chi connectivity index (χ1) is 14.0. The second kappa shape index (κ2) is 8.16. The van der Waals surface area contributed by atoms with Crippen molar-refractivity contribution in [2.75, 3.05) is 26.2 Å². The molecule has 0 aliphatic carbocycles. The Balaban J connectivity index is 1.69. The molecule has 1 fully saturated rings. The van der Waals surface area contributed by atoms with E-state index in [0.29, 0.717) is 5.56 Å². The lowest BCUT2D eigenvalue weighted by molar-refractivity contribution is -0.385. The molecule has 30 heavy (non-hydrogen) atoms. The Hall–Kier alpha value is -2.78. The van der Waals surface area contributed by atoms with E-state index in [1.807, 2.05) is 12.1 Å². The van der Waals surface area contributed by atoms with E-state index in [2.05, 4.69) is 20.8 Å². The summed E-state index contributed by atoms with van der Waals surface area (Å²) in [5.74, 6) is -0.136. The maximum Gasteiger partial charge on any atom is 0.270 e. The minimum Gasteiger partial charge on any atom is -0.336 e. The average molecular weight is 432 g/mol. The summed E-state index contributed by atoms with van der Waals surface area (Å²) in [6, 6.07) is 12.5. The molecule has 0 N–H and O–H groups in total. The van der Waals surface area contributed by atoms with Gasteiger partial charge in [-0.2, -0.15) is 4.31 Å². The number of amides is 1. The van der Waals surface area contributed by atoms with Crippen molar-refractivity contribution < 1.29 is 18.1 Å². The Morgan fingerprint density at radius 3 is 2.13 bits per heavy atom. The van der Waals surface area contributed by atoms with Crippen molar-refractivity contribution in [1.82, 2.24) is 9.21 Å². The van der Waals surface area contributed by atoms with Crippen molar-refractivity contribution in [2.45, 2.75) is 31.1 Å². The van der Waals surface area contributed by atoms with E-state index in [4.69, 9.17) is 0 Å². The minimum atomic E-state index is -3.86. The van der Waals surface area contributed by atoms with Gasteiger partial charge in [-0.15, -0.1) is 0 Å². The number of piperazine rings is 1. The highest BCUT2D eigenvalue weighted by Gasteiger charge is 2.31. The molecule has 160 valence electrons. The van der Waals surface area contributed by atoms with Crippen LogP contribution in [-0.4, -0.2) is 54.6 Å². The maximum atomic E-state index is 12.8. The normalized spacial score (nSPS) is 15.8.